The SMILES string of the molecule is Cc1ccc(CNC(=O)CSC(C)(C)[C@@H](N)C(=O)O)cc1. The normalized spacial score (nSPS) is 12.8. The number of nitrogens with one attached hydrogen (secondary N) is 1. The summed E-state index contributed by atoms with van der Waals surface area (Å²) < 4.78 is -0.701. The fraction of sp³-hybridized carbons (Fsp3) is 0.467. The van der Waals surface area contributed by atoms with Gasteiger partial charge in [0.25, 0.3) is 0 Å². The number of benzene rings is 1. The first-order valence-electron chi connectivity index (χ1n) is 6.67. The summed E-state index contributed by atoms with van der Waals surface area (Å²) in [7, 11) is 0. The smallest absolute Gasteiger partial charge is 0.321 e. The Morgan fingerprint density at radius 2 is 1.90 bits per heavy atom. The van der Waals surface area contributed by atoms with Crippen molar-refractivity contribution in [3.05, 3.63) is 35.4 Å². The number of carbonyl (C=O) groups is 2. The summed E-state index contributed by atoms with van der Waals surface area (Å²) in [6.07, 6.45) is 0. The number of thioether (sulfide) groups is 1. The lowest BCUT2D eigenvalue weighted by molar-refractivity contribution is -0.139. The van der Waals surface area contributed by atoms with Crippen LogP contribution in [-0.2, 0) is 16.1 Å². The van der Waals surface area contributed by atoms with Crippen LogP contribution in [-0.4, -0.2) is 33.5 Å². The first kappa shape index (κ1) is 17.5. The van der Waals surface area contributed by atoms with Crippen LogP contribution in [0.5, 0.6) is 0 Å². The molecule has 0 bridgehead atoms. The Hall–Kier alpha value is -1.53. The van der Waals surface area contributed by atoms with Gasteiger partial charge in [-0.15, -0.1) is 11.8 Å². The third-order valence-corrected chi connectivity index (χ3v) is 4.61. The number of carbonyl (C=O) groups excluding carboxylic acids is 1. The molecule has 1 rings (SSSR count). The van der Waals surface area contributed by atoms with E-state index < -0.39 is 16.8 Å². The van der Waals surface area contributed by atoms with E-state index >= 15 is 0 Å². The lowest BCUT2D eigenvalue weighted by Crippen LogP contribution is -2.47. The molecular formula is C15H22N2O3S. The Morgan fingerprint density at radius 1 is 1.33 bits per heavy atom. The summed E-state index contributed by atoms with van der Waals surface area (Å²) in [6.45, 7) is 5.92. The molecular weight excluding hydrogens is 288 g/mol. The molecule has 0 unspecified atom stereocenters. The van der Waals surface area contributed by atoms with Crippen LogP contribution < -0.4 is 11.1 Å². The second-order valence-corrected chi connectivity index (χ2v) is 7.10. The van der Waals surface area contributed by atoms with Crippen LogP contribution in [0.25, 0.3) is 0 Å². The number of aryl methyl sites for hydroxylation is 1. The van der Waals surface area contributed by atoms with Gasteiger partial charge in [0.05, 0.1) is 5.75 Å². The topological polar surface area (TPSA) is 92.4 Å². The molecule has 0 aromatic heterocycles. The van der Waals surface area contributed by atoms with Gasteiger partial charge in [-0.1, -0.05) is 29.8 Å². The van der Waals surface area contributed by atoms with Crippen molar-refractivity contribution in [2.75, 3.05) is 5.75 Å². The van der Waals surface area contributed by atoms with Gasteiger partial charge < -0.3 is 16.2 Å². The summed E-state index contributed by atoms with van der Waals surface area (Å²) in [6, 6.07) is 6.91. The Morgan fingerprint density at radius 3 is 2.43 bits per heavy atom. The lowest BCUT2D eigenvalue weighted by Gasteiger charge is -2.27. The van der Waals surface area contributed by atoms with Crippen LogP contribution in [0.1, 0.15) is 25.0 Å². The quantitative estimate of drug-likeness (QED) is 0.710. The fourth-order valence-corrected chi connectivity index (χ4v) is 2.48. The molecule has 1 atom stereocenters. The molecule has 0 heterocycles. The molecule has 116 valence electrons. The molecule has 0 fully saturated rings. The van der Waals surface area contributed by atoms with Gasteiger partial charge in [0.15, 0.2) is 0 Å². The second kappa shape index (κ2) is 7.47. The summed E-state index contributed by atoms with van der Waals surface area (Å²) >= 11 is 1.24. The van der Waals surface area contributed by atoms with E-state index in [2.05, 4.69) is 5.32 Å². The summed E-state index contributed by atoms with van der Waals surface area (Å²) in [5.41, 5.74) is 7.81. The van der Waals surface area contributed by atoms with E-state index in [4.69, 9.17) is 10.8 Å². The maximum atomic E-state index is 11.8. The molecule has 0 saturated carbocycles. The van der Waals surface area contributed by atoms with E-state index in [0.717, 1.165) is 5.56 Å². The number of carboxylic acids is 1. The van der Waals surface area contributed by atoms with Crippen LogP contribution in [0.2, 0.25) is 0 Å². The van der Waals surface area contributed by atoms with Crippen molar-refractivity contribution in [1.29, 1.82) is 0 Å². The first-order chi connectivity index (χ1) is 9.72. The summed E-state index contributed by atoms with van der Waals surface area (Å²) in [5.74, 6) is -1.02. The van der Waals surface area contributed by atoms with Gasteiger partial charge in [0.2, 0.25) is 5.91 Å². The minimum absolute atomic E-state index is 0.133. The van der Waals surface area contributed by atoms with Crippen molar-refractivity contribution in [2.24, 2.45) is 5.73 Å². The van der Waals surface area contributed by atoms with E-state index in [1.165, 1.54) is 17.3 Å². The predicted octanol–water partition coefficient (Wildman–Crippen LogP) is 1.53. The zero-order chi connectivity index (χ0) is 16.0. The highest BCUT2D eigenvalue weighted by Crippen LogP contribution is 2.27. The van der Waals surface area contributed by atoms with Crippen LogP contribution in [0.3, 0.4) is 0 Å². The van der Waals surface area contributed by atoms with E-state index in [9.17, 15) is 9.59 Å². The van der Waals surface area contributed by atoms with E-state index in [1.807, 2.05) is 31.2 Å². The highest BCUT2D eigenvalue weighted by Gasteiger charge is 2.33. The second-order valence-electron chi connectivity index (χ2n) is 5.47. The molecule has 0 aliphatic carbocycles. The number of hydrogen-bond donors (Lipinski definition) is 3. The van der Waals surface area contributed by atoms with E-state index in [-0.39, 0.29) is 11.7 Å². The van der Waals surface area contributed by atoms with Crippen molar-refractivity contribution < 1.29 is 14.7 Å². The monoisotopic (exact) mass is 310 g/mol. The number of nitrogens with two attached hydrogens (primary N) is 1. The summed E-state index contributed by atoms with van der Waals surface area (Å²) in [4.78, 5) is 22.7. The lowest BCUT2D eigenvalue weighted by atomic mass is 10.1. The molecule has 0 radical (unpaired) electrons. The van der Waals surface area contributed by atoms with Gasteiger partial charge in [-0.3, -0.25) is 9.59 Å². The highest BCUT2D eigenvalue weighted by molar-refractivity contribution is 8.01. The van der Waals surface area contributed by atoms with Gasteiger partial charge in [-0.25, -0.2) is 0 Å². The zero-order valence-corrected chi connectivity index (χ0v) is 13.4. The van der Waals surface area contributed by atoms with Crippen LogP contribution in [0.15, 0.2) is 24.3 Å². The standard InChI is InChI=1S/C15H22N2O3S/c1-10-4-6-11(7-5-10)8-17-12(18)9-21-15(2,3)13(16)14(19)20/h4-7,13H,8-9,16H2,1-3H3,(H,17,18)(H,19,20)/t13-/m0/s1. The largest absolute Gasteiger partial charge is 0.480 e. The Labute approximate surface area is 129 Å². The summed E-state index contributed by atoms with van der Waals surface area (Å²) in [5, 5.41) is 11.7. The van der Waals surface area contributed by atoms with Crippen molar-refractivity contribution in [3.8, 4) is 0 Å². The van der Waals surface area contributed by atoms with Gasteiger partial charge in [-0.2, -0.15) is 0 Å². The average molecular weight is 310 g/mol. The number of carboxylic acid groups (broad SMARTS) is 1. The number of aliphatic carboxylic acids is 1. The average Bonchev–Trinajstić information content (AvgIpc) is 2.43. The molecule has 6 heteroatoms. The van der Waals surface area contributed by atoms with Gasteiger partial charge >= 0.3 is 5.97 Å². The predicted molar refractivity (Wildman–Crippen MR) is 85.2 cm³/mol. The van der Waals surface area contributed by atoms with E-state index in [0.29, 0.717) is 6.54 Å². The highest BCUT2D eigenvalue weighted by atomic mass is 32.2. The molecule has 4 N–H and O–H groups in total. The third-order valence-electron chi connectivity index (χ3n) is 3.20. The van der Waals surface area contributed by atoms with Crippen LogP contribution >= 0.6 is 11.8 Å². The maximum Gasteiger partial charge on any atom is 0.321 e. The molecule has 0 aliphatic heterocycles. The number of hydrogen-bond acceptors (Lipinski definition) is 4. The minimum atomic E-state index is -1.06. The van der Waals surface area contributed by atoms with Gasteiger partial charge in [-0.05, 0) is 26.3 Å². The first-order valence-corrected chi connectivity index (χ1v) is 7.65. The molecule has 0 spiro atoms. The minimum Gasteiger partial charge on any atom is -0.480 e. The van der Waals surface area contributed by atoms with E-state index in [1.54, 1.807) is 13.8 Å². The fourth-order valence-electron chi connectivity index (χ4n) is 1.60. The van der Waals surface area contributed by atoms with Crippen molar-refractivity contribution in [2.45, 2.75) is 38.1 Å². The molecule has 1 amide bonds. The number of amides is 1. The maximum absolute atomic E-state index is 11.8. The third kappa shape index (κ3) is 5.77. The molecule has 1 aromatic rings. The number of rotatable bonds is 7. The van der Waals surface area contributed by atoms with Crippen molar-refractivity contribution in [1.82, 2.24) is 5.32 Å². The Balaban J connectivity index is 2.40. The Kier molecular flexibility index (Phi) is 6.23. The van der Waals surface area contributed by atoms with Crippen LogP contribution in [0, 0.1) is 6.92 Å². The zero-order valence-electron chi connectivity index (χ0n) is 12.6. The van der Waals surface area contributed by atoms with Gasteiger partial charge in [0, 0.05) is 11.3 Å². The van der Waals surface area contributed by atoms with Crippen LogP contribution in [0.4, 0.5) is 0 Å². The van der Waals surface area contributed by atoms with Crippen molar-refractivity contribution >= 4 is 23.6 Å². The molecule has 1 aromatic carbocycles. The molecule has 21 heavy (non-hydrogen) atoms. The molecule has 0 aliphatic rings. The Bertz CT molecular complexity index is 500. The molecule has 5 nitrogen and oxygen atoms in total. The van der Waals surface area contributed by atoms with Gasteiger partial charge in [0.1, 0.15) is 6.04 Å². The molecule has 0 saturated heterocycles. The van der Waals surface area contributed by atoms with Crippen molar-refractivity contribution in [3.63, 3.8) is 0 Å².